The topological polar surface area (TPSA) is 77.0 Å². The molecule has 0 saturated heterocycles. The van der Waals surface area contributed by atoms with E-state index in [1.165, 1.54) is 16.6 Å². The van der Waals surface area contributed by atoms with Gasteiger partial charge in [0.05, 0.1) is 0 Å². The lowest BCUT2D eigenvalue weighted by molar-refractivity contribution is -0.119. The van der Waals surface area contributed by atoms with Gasteiger partial charge in [-0.15, -0.1) is 5.10 Å². The minimum absolute atomic E-state index is 0.0749. The average Bonchev–Trinajstić information content (AvgIpc) is 2.83. The van der Waals surface area contributed by atoms with Crippen LogP contribution >= 0.6 is 0 Å². The van der Waals surface area contributed by atoms with Crippen molar-refractivity contribution >= 4 is 17.5 Å². The molecule has 0 spiro atoms. The number of aryl methyl sites for hydroxylation is 1. The highest BCUT2D eigenvalue weighted by Gasteiger charge is 2.12. The van der Waals surface area contributed by atoms with Crippen LogP contribution in [0.4, 0.5) is 11.6 Å². The molecule has 0 unspecified atom stereocenters. The fraction of sp³-hybridized carbons (Fsp3) is 0.308. The number of likely N-dealkylation sites (N-methyl/N-ethyl adjacent to an activating group) is 1. The number of nitrogen functional groups attached to an aromatic ring is 1. The van der Waals surface area contributed by atoms with Crippen molar-refractivity contribution in [1.29, 1.82) is 0 Å². The van der Waals surface area contributed by atoms with Gasteiger partial charge < -0.3 is 10.6 Å². The Morgan fingerprint density at radius 1 is 1.37 bits per heavy atom. The first-order valence-corrected chi connectivity index (χ1v) is 6.10. The monoisotopic (exact) mass is 259 g/mol. The quantitative estimate of drug-likeness (QED) is 0.891. The van der Waals surface area contributed by atoms with Crippen LogP contribution in [0.25, 0.3) is 0 Å². The zero-order valence-corrected chi connectivity index (χ0v) is 11.1. The summed E-state index contributed by atoms with van der Waals surface area (Å²) in [6.07, 6.45) is 2.43. The molecule has 0 fully saturated rings. The molecule has 1 aromatic carbocycles. The van der Waals surface area contributed by atoms with Crippen LogP contribution in [-0.4, -0.2) is 27.7 Å². The Morgan fingerprint density at radius 3 is 2.58 bits per heavy atom. The van der Waals surface area contributed by atoms with Crippen molar-refractivity contribution in [2.24, 2.45) is 0 Å². The van der Waals surface area contributed by atoms with Crippen molar-refractivity contribution in [3.8, 4) is 0 Å². The highest BCUT2D eigenvalue weighted by Crippen LogP contribution is 2.14. The summed E-state index contributed by atoms with van der Waals surface area (Å²) in [5, 5.41) is 3.89. The molecule has 6 heteroatoms. The van der Waals surface area contributed by atoms with E-state index in [9.17, 15) is 4.79 Å². The second-order valence-electron chi connectivity index (χ2n) is 4.27. The Bertz CT molecular complexity index is 561. The van der Waals surface area contributed by atoms with Crippen LogP contribution in [0.3, 0.4) is 0 Å². The van der Waals surface area contributed by atoms with Crippen LogP contribution in [-0.2, 0) is 17.8 Å². The summed E-state index contributed by atoms with van der Waals surface area (Å²) in [7, 11) is 1.74. The molecule has 0 aliphatic heterocycles. The Hall–Kier alpha value is -2.37. The lowest BCUT2D eigenvalue weighted by atomic mass is 10.1. The largest absolute Gasteiger partial charge is 0.367 e. The van der Waals surface area contributed by atoms with E-state index in [0.717, 1.165) is 12.1 Å². The Balaban J connectivity index is 2.05. The highest BCUT2D eigenvalue weighted by molar-refractivity contribution is 5.92. The van der Waals surface area contributed by atoms with Crippen LogP contribution in [0.15, 0.2) is 30.6 Å². The van der Waals surface area contributed by atoms with E-state index < -0.39 is 0 Å². The van der Waals surface area contributed by atoms with Gasteiger partial charge in [-0.25, -0.2) is 9.67 Å². The van der Waals surface area contributed by atoms with Crippen molar-refractivity contribution in [1.82, 2.24) is 14.8 Å². The summed E-state index contributed by atoms with van der Waals surface area (Å²) in [5.41, 5.74) is 7.51. The van der Waals surface area contributed by atoms with Gasteiger partial charge in [0, 0.05) is 12.7 Å². The third-order valence-corrected chi connectivity index (χ3v) is 2.96. The fourth-order valence-electron chi connectivity index (χ4n) is 1.73. The minimum Gasteiger partial charge on any atom is -0.367 e. The van der Waals surface area contributed by atoms with E-state index in [0.29, 0.717) is 0 Å². The van der Waals surface area contributed by atoms with Crippen molar-refractivity contribution in [2.45, 2.75) is 19.9 Å². The third-order valence-electron chi connectivity index (χ3n) is 2.96. The predicted octanol–water partition coefficient (Wildman–Crippen LogP) is 1.09. The van der Waals surface area contributed by atoms with Gasteiger partial charge in [-0.1, -0.05) is 19.1 Å². The molecule has 2 N–H and O–H groups in total. The molecule has 0 atom stereocenters. The smallest absolute Gasteiger partial charge is 0.248 e. The van der Waals surface area contributed by atoms with Gasteiger partial charge in [-0.2, -0.15) is 0 Å². The van der Waals surface area contributed by atoms with E-state index in [4.69, 9.17) is 5.73 Å². The molecule has 2 aromatic rings. The van der Waals surface area contributed by atoms with Gasteiger partial charge in [-0.3, -0.25) is 4.79 Å². The predicted molar refractivity (Wildman–Crippen MR) is 73.7 cm³/mol. The van der Waals surface area contributed by atoms with Gasteiger partial charge in [0.25, 0.3) is 0 Å². The number of hydrogen-bond acceptors (Lipinski definition) is 4. The van der Waals surface area contributed by atoms with E-state index in [-0.39, 0.29) is 18.4 Å². The van der Waals surface area contributed by atoms with E-state index >= 15 is 0 Å². The number of carbonyl (C=O) groups excluding carboxylic acids is 1. The molecule has 6 nitrogen and oxygen atoms in total. The van der Waals surface area contributed by atoms with Crippen molar-refractivity contribution < 1.29 is 4.79 Å². The summed E-state index contributed by atoms with van der Waals surface area (Å²) in [6, 6.07) is 7.91. The first kappa shape index (κ1) is 13.1. The molecule has 1 aromatic heterocycles. The van der Waals surface area contributed by atoms with Gasteiger partial charge in [-0.05, 0) is 24.1 Å². The van der Waals surface area contributed by atoms with Crippen LogP contribution in [0.2, 0.25) is 0 Å². The van der Waals surface area contributed by atoms with Crippen LogP contribution in [0.5, 0.6) is 0 Å². The summed E-state index contributed by atoms with van der Waals surface area (Å²) in [6.45, 7) is 2.22. The molecule has 0 saturated carbocycles. The fourth-order valence-corrected chi connectivity index (χ4v) is 1.73. The molecule has 0 aliphatic rings. The number of benzene rings is 1. The Kier molecular flexibility index (Phi) is 3.79. The van der Waals surface area contributed by atoms with Crippen molar-refractivity contribution in [3.63, 3.8) is 0 Å². The van der Waals surface area contributed by atoms with Crippen LogP contribution in [0, 0.1) is 0 Å². The maximum atomic E-state index is 12.1. The van der Waals surface area contributed by atoms with Crippen LogP contribution < -0.4 is 10.6 Å². The molecule has 0 aliphatic carbocycles. The SMILES string of the molecule is CCc1ccc(N(C)C(=O)Cn2cnc(N)n2)cc1. The van der Waals surface area contributed by atoms with Crippen molar-refractivity contribution in [3.05, 3.63) is 36.2 Å². The third kappa shape index (κ3) is 3.09. The van der Waals surface area contributed by atoms with Crippen molar-refractivity contribution in [2.75, 3.05) is 17.7 Å². The van der Waals surface area contributed by atoms with Gasteiger partial charge in [0.2, 0.25) is 11.9 Å². The molecule has 1 amide bonds. The lowest BCUT2D eigenvalue weighted by Gasteiger charge is -2.17. The number of hydrogen-bond donors (Lipinski definition) is 1. The van der Waals surface area contributed by atoms with E-state index in [1.54, 1.807) is 11.9 Å². The van der Waals surface area contributed by atoms with Gasteiger partial charge in [0.1, 0.15) is 12.9 Å². The maximum absolute atomic E-state index is 12.1. The van der Waals surface area contributed by atoms with E-state index in [1.807, 2.05) is 24.3 Å². The second-order valence-corrected chi connectivity index (χ2v) is 4.27. The molecular weight excluding hydrogens is 242 g/mol. The lowest BCUT2D eigenvalue weighted by Crippen LogP contribution is -2.30. The number of rotatable bonds is 4. The summed E-state index contributed by atoms with van der Waals surface area (Å²) >= 11 is 0. The molecule has 0 bridgehead atoms. The molecule has 2 rings (SSSR count). The first-order valence-electron chi connectivity index (χ1n) is 6.10. The minimum atomic E-state index is -0.0749. The number of nitrogens with two attached hydrogens (primary N) is 1. The summed E-state index contributed by atoms with van der Waals surface area (Å²) in [5.74, 6) is 0.0944. The van der Waals surface area contributed by atoms with Crippen LogP contribution in [0.1, 0.15) is 12.5 Å². The zero-order chi connectivity index (χ0) is 13.8. The summed E-state index contributed by atoms with van der Waals surface area (Å²) in [4.78, 5) is 17.5. The summed E-state index contributed by atoms with van der Waals surface area (Å²) < 4.78 is 1.43. The first-order chi connectivity index (χ1) is 9.10. The second kappa shape index (κ2) is 5.51. The molecule has 1 heterocycles. The number of anilines is 2. The maximum Gasteiger partial charge on any atom is 0.248 e. The molecular formula is C13H17N5O. The average molecular weight is 259 g/mol. The molecule has 19 heavy (non-hydrogen) atoms. The normalized spacial score (nSPS) is 10.4. The standard InChI is InChI=1S/C13H17N5O/c1-3-10-4-6-11(7-5-10)17(2)12(19)8-18-9-15-13(14)16-18/h4-7,9H,3,8H2,1-2H3,(H2,14,16). The van der Waals surface area contributed by atoms with E-state index in [2.05, 4.69) is 17.0 Å². The number of carbonyl (C=O) groups is 1. The number of aromatic nitrogens is 3. The number of amides is 1. The Labute approximate surface area is 111 Å². The Morgan fingerprint density at radius 2 is 2.05 bits per heavy atom. The molecule has 0 radical (unpaired) electrons. The van der Waals surface area contributed by atoms with Gasteiger partial charge in [0.15, 0.2) is 0 Å². The molecule has 100 valence electrons. The van der Waals surface area contributed by atoms with Gasteiger partial charge >= 0.3 is 0 Å². The number of nitrogens with zero attached hydrogens (tertiary/aromatic N) is 4. The zero-order valence-electron chi connectivity index (χ0n) is 11.1. The highest BCUT2D eigenvalue weighted by atomic mass is 16.2.